The van der Waals surface area contributed by atoms with Crippen LogP contribution < -0.4 is 4.74 Å². The molecule has 2 rings (SSSR count). The van der Waals surface area contributed by atoms with Gasteiger partial charge in [0.05, 0.1) is 23.3 Å². The van der Waals surface area contributed by atoms with Gasteiger partial charge in [-0.25, -0.2) is 4.39 Å². The minimum atomic E-state index is -0.520. The Labute approximate surface area is 119 Å². The molecule has 0 spiro atoms. The molecule has 96 valence electrons. The van der Waals surface area contributed by atoms with Crippen LogP contribution in [-0.4, -0.2) is 7.11 Å². The maximum absolute atomic E-state index is 13.9. The number of thiophene rings is 1. The number of rotatable bonds is 3. The van der Waals surface area contributed by atoms with Gasteiger partial charge in [-0.2, -0.15) is 5.26 Å². The van der Waals surface area contributed by atoms with Gasteiger partial charge < -0.3 is 4.74 Å². The van der Waals surface area contributed by atoms with E-state index in [1.807, 2.05) is 11.4 Å². The van der Waals surface area contributed by atoms with Gasteiger partial charge >= 0.3 is 0 Å². The number of halogens is 2. The molecule has 2 aromatic rings. The van der Waals surface area contributed by atoms with E-state index >= 15 is 0 Å². The Bertz CT molecular complexity index is 659. The second kappa shape index (κ2) is 5.87. The van der Waals surface area contributed by atoms with Crippen LogP contribution in [0.3, 0.4) is 0 Å². The Morgan fingerprint density at radius 2 is 2.16 bits per heavy atom. The van der Waals surface area contributed by atoms with Crippen molar-refractivity contribution in [3.63, 3.8) is 0 Å². The van der Waals surface area contributed by atoms with Crippen LogP contribution in [0, 0.1) is 17.1 Å². The molecule has 0 aliphatic rings. The van der Waals surface area contributed by atoms with Gasteiger partial charge in [-0.3, -0.25) is 0 Å². The number of methoxy groups -OCH3 is 1. The van der Waals surface area contributed by atoms with Gasteiger partial charge in [-0.15, -0.1) is 11.3 Å². The van der Waals surface area contributed by atoms with E-state index in [1.165, 1.54) is 30.6 Å². The smallest absolute Gasteiger partial charge is 0.135 e. The monoisotopic (exact) mass is 293 g/mol. The van der Waals surface area contributed by atoms with Crippen molar-refractivity contribution in [2.45, 2.75) is 0 Å². The number of allylic oxidation sites excluding steroid dienone is 1. The van der Waals surface area contributed by atoms with Gasteiger partial charge in [-0.1, -0.05) is 23.7 Å². The van der Waals surface area contributed by atoms with Crippen LogP contribution in [0.25, 0.3) is 10.6 Å². The van der Waals surface area contributed by atoms with Crippen LogP contribution in [-0.2, 0) is 0 Å². The van der Waals surface area contributed by atoms with Gasteiger partial charge in [0.1, 0.15) is 17.6 Å². The fourth-order valence-corrected chi connectivity index (χ4v) is 2.76. The highest BCUT2D eigenvalue weighted by Gasteiger charge is 2.18. The molecule has 0 saturated heterocycles. The van der Waals surface area contributed by atoms with Crippen molar-refractivity contribution in [1.29, 1.82) is 5.26 Å². The molecule has 5 heteroatoms. The van der Waals surface area contributed by atoms with Crippen molar-refractivity contribution in [3.8, 4) is 11.8 Å². The Hall–Kier alpha value is -1.83. The number of hydrogen-bond donors (Lipinski definition) is 0. The highest BCUT2D eigenvalue weighted by Crippen LogP contribution is 2.37. The van der Waals surface area contributed by atoms with Crippen molar-refractivity contribution in [1.82, 2.24) is 0 Å². The molecule has 0 saturated carbocycles. The average molecular weight is 294 g/mol. The first-order valence-electron chi connectivity index (χ1n) is 5.35. The largest absolute Gasteiger partial charge is 0.496 e. The van der Waals surface area contributed by atoms with Crippen LogP contribution in [0.4, 0.5) is 4.39 Å². The molecule has 2 nitrogen and oxygen atoms in total. The minimum Gasteiger partial charge on any atom is -0.496 e. The van der Waals surface area contributed by atoms with Crippen molar-refractivity contribution in [2.75, 3.05) is 7.11 Å². The number of ether oxygens (including phenoxy) is 1. The second-order valence-corrected chi connectivity index (χ2v) is 4.92. The summed E-state index contributed by atoms with van der Waals surface area (Å²) in [5.74, 6) is -0.219. The van der Waals surface area contributed by atoms with Gasteiger partial charge in [0.2, 0.25) is 0 Å². The molecule has 0 N–H and O–H groups in total. The molecule has 1 heterocycles. The van der Waals surface area contributed by atoms with Gasteiger partial charge in [0.15, 0.2) is 0 Å². The van der Waals surface area contributed by atoms with E-state index in [4.69, 9.17) is 16.3 Å². The third-order valence-electron chi connectivity index (χ3n) is 2.51. The molecule has 19 heavy (non-hydrogen) atoms. The Balaban J connectivity index is 2.67. The van der Waals surface area contributed by atoms with Crippen molar-refractivity contribution in [3.05, 3.63) is 52.0 Å². The lowest BCUT2D eigenvalue weighted by atomic mass is 10.1. The standard InChI is InChI=1S/C14H9ClFNOS/c1-18-11-5-2-4-10(16)13(11)14(15)9(8-17)12-6-3-7-19-12/h2-7H,1H3. The van der Waals surface area contributed by atoms with E-state index in [1.54, 1.807) is 18.2 Å². The fourth-order valence-electron chi connectivity index (χ4n) is 1.65. The quantitative estimate of drug-likeness (QED) is 0.779. The molecule has 0 amide bonds. The summed E-state index contributed by atoms with van der Waals surface area (Å²) < 4.78 is 19.0. The molecule has 0 fully saturated rings. The summed E-state index contributed by atoms with van der Waals surface area (Å²) in [5.41, 5.74) is 0.344. The van der Waals surface area contributed by atoms with Crippen LogP contribution in [0.2, 0.25) is 0 Å². The van der Waals surface area contributed by atoms with Crippen molar-refractivity contribution in [2.24, 2.45) is 0 Å². The van der Waals surface area contributed by atoms with Gasteiger partial charge in [0.25, 0.3) is 0 Å². The third kappa shape index (κ3) is 2.62. The summed E-state index contributed by atoms with van der Waals surface area (Å²) in [6.45, 7) is 0. The van der Waals surface area contributed by atoms with E-state index in [9.17, 15) is 9.65 Å². The summed E-state index contributed by atoms with van der Waals surface area (Å²) in [4.78, 5) is 0.692. The number of hydrogen-bond acceptors (Lipinski definition) is 3. The summed E-state index contributed by atoms with van der Waals surface area (Å²) in [6.07, 6.45) is 0. The molecule has 0 atom stereocenters. The van der Waals surface area contributed by atoms with Crippen LogP contribution >= 0.6 is 22.9 Å². The Morgan fingerprint density at radius 3 is 2.74 bits per heavy atom. The first-order chi connectivity index (χ1) is 9.19. The molecular weight excluding hydrogens is 285 g/mol. The molecule has 0 radical (unpaired) electrons. The maximum atomic E-state index is 13.9. The number of nitriles is 1. The first kappa shape index (κ1) is 13.6. The third-order valence-corrected chi connectivity index (χ3v) is 3.78. The van der Waals surface area contributed by atoms with E-state index in [0.717, 1.165) is 0 Å². The SMILES string of the molecule is COc1cccc(F)c1C(Cl)=C(C#N)c1cccs1. The zero-order valence-corrected chi connectivity index (χ0v) is 11.6. The highest BCUT2D eigenvalue weighted by molar-refractivity contribution is 7.11. The first-order valence-corrected chi connectivity index (χ1v) is 6.61. The second-order valence-electron chi connectivity index (χ2n) is 3.60. The molecular formula is C14H9ClFNOS. The van der Waals surface area contributed by atoms with Crippen LogP contribution in [0.1, 0.15) is 10.4 Å². The van der Waals surface area contributed by atoms with Crippen LogP contribution in [0.15, 0.2) is 35.7 Å². The summed E-state index contributed by atoms with van der Waals surface area (Å²) in [5, 5.41) is 11.1. The van der Waals surface area contributed by atoms with Gasteiger partial charge in [0, 0.05) is 4.88 Å². The molecule has 0 aliphatic carbocycles. The molecule has 0 bridgehead atoms. The summed E-state index contributed by atoms with van der Waals surface area (Å²) >= 11 is 7.57. The van der Waals surface area contributed by atoms with E-state index in [0.29, 0.717) is 10.6 Å². The summed E-state index contributed by atoms with van der Waals surface area (Å²) in [7, 11) is 1.43. The Kier molecular flexibility index (Phi) is 4.20. The van der Waals surface area contributed by atoms with E-state index < -0.39 is 5.82 Å². The summed E-state index contributed by atoms with van der Waals surface area (Å²) in [6, 6.07) is 10.00. The minimum absolute atomic E-state index is 0.0555. The zero-order valence-electron chi connectivity index (χ0n) is 9.98. The fraction of sp³-hybridized carbons (Fsp3) is 0.0714. The topological polar surface area (TPSA) is 33.0 Å². The molecule has 1 aromatic carbocycles. The number of nitrogens with zero attached hydrogens (tertiary/aromatic N) is 1. The lowest BCUT2D eigenvalue weighted by molar-refractivity contribution is 0.410. The number of benzene rings is 1. The maximum Gasteiger partial charge on any atom is 0.135 e. The predicted molar refractivity (Wildman–Crippen MR) is 75.6 cm³/mol. The predicted octanol–water partition coefficient (Wildman–Crippen LogP) is 4.53. The van der Waals surface area contributed by atoms with Crippen molar-refractivity contribution < 1.29 is 9.13 Å². The Morgan fingerprint density at radius 1 is 1.37 bits per heavy atom. The molecule has 0 aliphatic heterocycles. The van der Waals surface area contributed by atoms with Crippen LogP contribution in [0.5, 0.6) is 5.75 Å². The average Bonchev–Trinajstić information content (AvgIpc) is 2.92. The lowest BCUT2D eigenvalue weighted by Gasteiger charge is -2.09. The van der Waals surface area contributed by atoms with E-state index in [2.05, 4.69) is 0 Å². The normalized spacial score (nSPS) is 11.7. The lowest BCUT2D eigenvalue weighted by Crippen LogP contribution is -1.94. The molecule has 0 unspecified atom stereocenters. The van der Waals surface area contributed by atoms with Crippen molar-refractivity contribution >= 4 is 33.5 Å². The van der Waals surface area contributed by atoms with Gasteiger partial charge in [-0.05, 0) is 23.6 Å². The molecule has 1 aromatic heterocycles. The van der Waals surface area contributed by atoms with E-state index in [-0.39, 0.29) is 16.2 Å². The highest BCUT2D eigenvalue weighted by atomic mass is 35.5. The zero-order chi connectivity index (χ0) is 13.8.